The smallest absolute Gasteiger partial charge is 0.437 e. The Hall–Kier alpha value is -1.57. The molecule has 0 atom stereocenters. The Balaban J connectivity index is 2.75. The second-order valence-electron chi connectivity index (χ2n) is 6.53. The van der Waals surface area contributed by atoms with Crippen LogP contribution in [0.2, 0.25) is 0 Å². The number of alkyl halides is 6. The molecule has 5 nitrogen and oxygen atoms in total. The summed E-state index contributed by atoms with van der Waals surface area (Å²) >= 11 is 2.01. The third-order valence-electron chi connectivity index (χ3n) is 3.38. The van der Waals surface area contributed by atoms with Gasteiger partial charge in [0.05, 0.1) is 18.8 Å². The maximum atomic E-state index is 12.6. The lowest BCUT2D eigenvalue weighted by molar-refractivity contribution is -0.357. The number of halogens is 7. The lowest BCUT2D eigenvalue weighted by atomic mass is 9.96. The van der Waals surface area contributed by atoms with Crippen LogP contribution < -0.4 is 0 Å². The van der Waals surface area contributed by atoms with Crippen LogP contribution in [0.5, 0.6) is 0 Å². The molecular weight excluding hydrogens is 513 g/mol. The maximum absolute atomic E-state index is 12.6. The predicted octanol–water partition coefficient (Wildman–Crippen LogP) is 3.87. The van der Waals surface area contributed by atoms with Gasteiger partial charge in [0.15, 0.2) is 0 Å². The van der Waals surface area contributed by atoms with Crippen LogP contribution in [0.1, 0.15) is 24.2 Å². The molecule has 0 fully saturated rings. The van der Waals surface area contributed by atoms with Crippen molar-refractivity contribution in [1.82, 2.24) is 0 Å². The first kappa shape index (κ1) is 24.5. The van der Waals surface area contributed by atoms with Crippen molar-refractivity contribution >= 4 is 34.5 Å². The maximum Gasteiger partial charge on any atom is 0.437 e. The third-order valence-corrected chi connectivity index (χ3v) is 4.10. The Kier molecular flexibility index (Phi) is 7.37. The number of hydrogen-bond acceptors (Lipinski definition) is 5. The summed E-state index contributed by atoms with van der Waals surface area (Å²) in [6, 6.07) is 6.17. The molecule has 1 rings (SSSR count). The van der Waals surface area contributed by atoms with Crippen LogP contribution in [0.25, 0.3) is 0 Å². The minimum absolute atomic E-state index is 0.178. The first-order chi connectivity index (χ1) is 12.5. The summed E-state index contributed by atoms with van der Waals surface area (Å²) in [5.41, 5.74) is -6.81. The lowest BCUT2D eigenvalue weighted by Crippen LogP contribution is -2.63. The Morgan fingerprint density at radius 3 is 1.79 bits per heavy atom. The Morgan fingerprint density at radius 2 is 1.36 bits per heavy atom. The van der Waals surface area contributed by atoms with Gasteiger partial charge >= 0.3 is 29.9 Å². The number of benzene rings is 1. The van der Waals surface area contributed by atoms with Crippen LogP contribution in [0.4, 0.5) is 26.3 Å². The zero-order valence-electron chi connectivity index (χ0n) is 14.4. The molecule has 0 aliphatic heterocycles. The normalized spacial score (nSPS) is 13.2. The molecule has 12 heteroatoms. The van der Waals surface area contributed by atoms with Gasteiger partial charge in [-0.15, -0.1) is 0 Å². The SMILES string of the molecule is CC(C)(COC(=O)c1ccc(I)cc1)COC(=O)C(O)(C(F)(F)F)C(F)(F)F. The largest absolute Gasteiger partial charge is 0.462 e. The Morgan fingerprint density at radius 1 is 0.929 bits per heavy atom. The fourth-order valence-electron chi connectivity index (χ4n) is 1.73. The highest BCUT2D eigenvalue weighted by Crippen LogP contribution is 2.44. The molecule has 0 radical (unpaired) electrons. The average molecular weight is 528 g/mol. The number of carbonyl (C=O) groups is 2. The number of carbonyl (C=O) groups excluding carboxylic acids is 2. The third kappa shape index (κ3) is 5.72. The van der Waals surface area contributed by atoms with E-state index in [1.165, 1.54) is 26.0 Å². The van der Waals surface area contributed by atoms with Crippen LogP contribution in [0, 0.1) is 8.99 Å². The molecule has 28 heavy (non-hydrogen) atoms. The lowest BCUT2D eigenvalue weighted by Gasteiger charge is -2.31. The van der Waals surface area contributed by atoms with Crippen molar-refractivity contribution in [3.05, 3.63) is 33.4 Å². The molecule has 0 saturated heterocycles. The van der Waals surface area contributed by atoms with Crippen LogP contribution in [0.3, 0.4) is 0 Å². The van der Waals surface area contributed by atoms with Gasteiger partial charge in [-0.3, -0.25) is 0 Å². The van der Waals surface area contributed by atoms with Gasteiger partial charge < -0.3 is 14.6 Å². The summed E-state index contributed by atoms with van der Waals surface area (Å²) in [6.07, 6.45) is -12.7. The van der Waals surface area contributed by atoms with Crippen molar-refractivity contribution in [2.24, 2.45) is 5.41 Å². The predicted molar refractivity (Wildman–Crippen MR) is 91.2 cm³/mol. The molecule has 1 aromatic rings. The van der Waals surface area contributed by atoms with Crippen molar-refractivity contribution in [1.29, 1.82) is 0 Å². The van der Waals surface area contributed by atoms with Gasteiger partial charge in [-0.25, -0.2) is 9.59 Å². The molecular formula is C16H15F6IO5. The number of rotatable bonds is 6. The highest BCUT2D eigenvalue weighted by atomic mass is 127. The molecule has 0 unspecified atom stereocenters. The molecule has 0 aliphatic carbocycles. The van der Waals surface area contributed by atoms with Crippen molar-refractivity contribution in [3.8, 4) is 0 Å². The summed E-state index contributed by atoms with van der Waals surface area (Å²) in [5, 5.41) is 8.93. The second-order valence-corrected chi connectivity index (χ2v) is 7.77. The van der Waals surface area contributed by atoms with Gasteiger partial charge in [0, 0.05) is 8.99 Å². The van der Waals surface area contributed by atoms with Crippen LogP contribution in [-0.2, 0) is 14.3 Å². The molecule has 0 spiro atoms. The van der Waals surface area contributed by atoms with Gasteiger partial charge in [0.2, 0.25) is 0 Å². The van der Waals surface area contributed by atoms with E-state index >= 15 is 0 Å². The van der Waals surface area contributed by atoms with Crippen molar-refractivity contribution in [2.75, 3.05) is 13.2 Å². The second kappa shape index (κ2) is 8.43. The topological polar surface area (TPSA) is 72.8 Å². The zero-order valence-corrected chi connectivity index (χ0v) is 16.6. The van der Waals surface area contributed by atoms with Gasteiger partial charge in [-0.05, 0) is 46.9 Å². The van der Waals surface area contributed by atoms with Crippen LogP contribution >= 0.6 is 22.6 Å². The number of hydrogen-bond donors (Lipinski definition) is 1. The van der Waals surface area contributed by atoms with E-state index in [1.807, 2.05) is 22.6 Å². The average Bonchev–Trinajstić information content (AvgIpc) is 2.55. The highest BCUT2D eigenvalue weighted by Gasteiger charge is 2.76. The monoisotopic (exact) mass is 528 g/mol. The Labute approximate surface area is 169 Å². The van der Waals surface area contributed by atoms with Crippen molar-refractivity contribution < 1.29 is 50.5 Å². The van der Waals surface area contributed by atoms with E-state index in [9.17, 15) is 35.9 Å². The molecule has 0 aliphatic rings. The molecule has 1 N–H and O–H groups in total. The van der Waals surface area contributed by atoms with E-state index in [1.54, 1.807) is 12.1 Å². The van der Waals surface area contributed by atoms with Gasteiger partial charge in [0.25, 0.3) is 0 Å². The number of aliphatic hydroxyl groups is 1. The van der Waals surface area contributed by atoms with Crippen molar-refractivity contribution in [2.45, 2.75) is 31.8 Å². The molecule has 0 bridgehead atoms. The van der Waals surface area contributed by atoms with Gasteiger partial charge in [-0.1, -0.05) is 13.8 Å². The van der Waals surface area contributed by atoms with E-state index in [0.717, 1.165) is 3.57 Å². The first-order valence-corrected chi connectivity index (χ1v) is 8.55. The van der Waals surface area contributed by atoms with Crippen molar-refractivity contribution in [3.63, 3.8) is 0 Å². The fraction of sp³-hybridized carbons (Fsp3) is 0.500. The summed E-state index contributed by atoms with van der Waals surface area (Å²) in [6.45, 7) is 1.12. The standard InChI is InChI=1S/C16H15F6IO5/c1-13(2,7-27-11(24)9-3-5-10(23)6-4-9)8-28-12(25)14(26,15(17,18)19)16(20,21)22/h3-6,26H,7-8H2,1-2H3. The molecule has 0 amide bonds. The summed E-state index contributed by atoms with van der Waals surface area (Å²) in [4.78, 5) is 23.3. The van der Waals surface area contributed by atoms with E-state index in [4.69, 9.17) is 9.84 Å². The molecule has 158 valence electrons. The first-order valence-electron chi connectivity index (χ1n) is 7.47. The quantitative estimate of drug-likeness (QED) is 0.345. The number of ether oxygens (including phenoxy) is 2. The van der Waals surface area contributed by atoms with E-state index in [-0.39, 0.29) is 5.56 Å². The van der Waals surface area contributed by atoms with Gasteiger partial charge in [0.1, 0.15) is 0 Å². The summed E-state index contributed by atoms with van der Waals surface area (Å²) in [7, 11) is 0. The van der Waals surface area contributed by atoms with E-state index in [0.29, 0.717) is 0 Å². The molecule has 0 heterocycles. The van der Waals surface area contributed by atoms with Crippen LogP contribution in [0.15, 0.2) is 24.3 Å². The summed E-state index contributed by atoms with van der Waals surface area (Å²) in [5.74, 6) is -3.69. The minimum Gasteiger partial charge on any atom is -0.462 e. The zero-order chi connectivity index (χ0) is 22.0. The molecule has 1 aromatic carbocycles. The minimum atomic E-state index is -6.33. The van der Waals surface area contributed by atoms with Crippen LogP contribution in [-0.4, -0.2) is 48.2 Å². The van der Waals surface area contributed by atoms with E-state index in [2.05, 4.69) is 4.74 Å². The Bertz CT molecular complexity index is 698. The molecule has 0 aromatic heterocycles. The highest BCUT2D eigenvalue weighted by molar-refractivity contribution is 14.1. The number of esters is 2. The fourth-order valence-corrected chi connectivity index (χ4v) is 2.09. The van der Waals surface area contributed by atoms with Gasteiger partial charge in [-0.2, -0.15) is 26.3 Å². The molecule has 0 saturated carbocycles. The van der Waals surface area contributed by atoms with E-state index < -0.39 is 48.5 Å². The summed E-state index contributed by atoms with van der Waals surface area (Å²) < 4.78 is 85.5.